The average Bonchev–Trinajstić information content (AvgIpc) is 2.77. The van der Waals surface area contributed by atoms with E-state index in [1.54, 1.807) is 25.7 Å². The molecule has 0 aromatic carbocycles. The van der Waals surface area contributed by atoms with Crippen LogP contribution in [0.15, 0.2) is 29.1 Å². The third-order valence-electron chi connectivity index (χ3n) is 2.60. The molecular formula is C11H14BrN5O. The smallest absolute Gasteiger partial charge is 0.0751 e. The van der Waals surface area contributed by atoms with Crippen LogP contribution >= 0.6 is 15.9 Å². The van der Waals surface area contributed by atoms with Crippen LogP contribution in [0.3, 0.4) is 0 Å². The molecule has 0 fully saturated rings. The standard InChI is InChI=1S/C11H14BrN5O/c1-18-5-4-17-11(9(12)7-16-17)10(13)8-2-3-14-15-6-8/h2-3,6-7,10H,4-5,13H2,1H3. The molecule has 2 heterocycles. The monoisotopic (exact) mass is 311 g/mol. The number of aromatic nitrogens is 4. The lowest BCUT2D eigenvalue weighted by atomic mass is 10.1. The van der Waals surface area contributed by atoms with Crippen LogP contribution in [0.25, 0.3) is 0 Å². The number of hydrogen-bond donors (Lipinski definition) is 1. The summed E-state index contributed by atoms with van der Waals surface area (Å²) < 4.78 is 7.77. The Kier molecular flexibility index (Phi) is 4.40. The molecule has 1 unspecified atom stereocenters. The van der Waals surface area contributed by atoms with Crippen LogP contribution in [0.4, 0.5) is 0 Å². The lowest BCUT2D eigenvalue weighted by Crippen LogP contribution is -2.19. The summed E-state index contributed by atoms with van der Waals surface area (Å²) >= 11 is 3.47. The molecule has 0 aliphatic carbocycles. The van der Waals surface area contributed by atoms with E-state index in [9.17, 15) is 0 Å². The highest BCUT2D eigenvalue weighted by Crippen LogP contribution is 2.26. The lowest BCUT2D eigenvalue weighted by Gasteiger charge is -2.14. The van der Waals surface area contributed by atoms with Gasteiger partial charge >= 0.3 is 0 Å². The van der Waals surface area contributed by atoms with Gasteiger partial charge in [0.25, 0.3) is 0 Å². The molecule has 0 aliphatic heterocycles. The molecule has 7 heteroatoms. The van der Waals surface area contributed by atoms with Gasteiger partial charge in [0.2, 0.25) is 0 Å². The zero-order chi connectivity index (χ0) is 13.0. The molecule has 0 saturated heterocycles. The second-order valence-corrected chi connectivity index (χ2v) is 4.60. The van der Waals surface area contributed by atoms with Crippen LogP contribution in [0.1, 0.15) is 17.3 Å². The number of ether oxygens (including phenoxy) is 1. The van der Waals surface area contributed by atoms with Crippen molar-refractivity contribution in [2.24, 2.45) is 5.73 Å². The van der Waals surface area contributed by atoms with E-state index in [-0.39, 0.29) is 6.04 Å². The first-order valence-corrected chi connectivity index (χ1v) is 6.25. The third kappa shape index (κ3) is 2.74. The van der Waals surface area contributed by atoms with E-state index >= 15 is 0 Å². The van der Waals surface area contributed by atoms with Crippen LogP contribution in [-0.4, -0.2) is 33.7 Å². The maximum absolute atomic E-state index is 6.23. The fourth-order valence-electron chi connectivity index (χ4n) is 1.68. The van der Waals surface area contributed by atoms with Gasteiger partial charge in [0.15, 0.2) is 0 Å². The van der Waals surface area contributed by atoms with E-state index < -0.39 is 0 Å². The summed E-state index contributed by atoms with van der Waals surface area (Å²) in [4.78, 5) is 0. The van der Waals surface area contributed by atoms with E-state index in [4.69, 9.17) is 10.5 Å². The first-order valence-electron chi connectivity index (χ1n) is 5.46. The van der Waals surface area contributed by atoms with Crippen molar-refractivity contribution in [1.82, 2.24) is 20.0 Å². The second kappa shape index (κ2) is 6.03. The molecule has 2 rings (SSSR count). The Bertz CT molecular complexity index is 501. The Balaban J connectivity index is 2.29. The molecule has 0 aliphatic rings. The van der Waals surface area contributed by atoms with Crippen molar-refractivity contribution in [1.29, 1.82) is 0 Å². The first-order chi connectivity index (χ1) is 8.74. The van der Waals surface area contributed by atoms with Gasteiger partial charge in [-0.15, -0.1) is 0 Å². The largest absolute Gasteiger partial charge is 0.383 e. The van der Waals surface area contributed by atoms with Crippen LogP contribution < -0.4 is 5.73 Å². The number of methoxy groups -OCH3 is 1. The van der Waals surface area contributed by atoms with Crippen LogP contribution in [-0.2, 0) is 11.3 Å². The van der Waals surface area contributed by atoms with Gasteiger partial charge in [-0.3, -0.25) is 4.68 Å². The molecule has 0 radical (unpaired) electrons. The zero-order valence-corrected chi connectivity index (χ0v) is 11.5. The molecule has 1 atom stereocenters. The number of hydrogen-bond acceptors (Lipinski definition) is 5. The summed E-state index contributed by atoms with van der Waals surface area (Å²) in [6, 6.07) is 1.55. The number of rotatable bonds is 5. The summed E-state index contributed by atoms with van der Waals surface area (Å²) in [5.41, 5.74) is 8.03. The third-order valence-corrected chi connectivity index (χ3v) is 3.21. The fourth-order valence-corrected chi connectivity index (χ4v) is 2.22. The normalized spacial score (nSPS) is 12.6. The van der Waals surface area contributed by atoms with Crippen molar-refractivity contribution in [3.05, 3.63) is 40.4 Å². The molecular weight excluding hydrogens is 298 g/mol. The zero-order valence-electron chi connectivity index (χ0n) is 9.95. The molecule has 2 aromatic heterocycles. The SMILES string of the molecule is COCCn1ncc(Br)c1C(N)c1ccnnc1. The lowest BCUT2D eigenvalue weighted by molar-refractivity contribution is 0.182. The van der Waals surface area contributed by atoms with Gasteiger partial charge in [-0.1, -0.05) is 0 Å². The minimum atomic E-state index is -0.297. The van der Waals surface area contributed by atoms with E-state index in [0.29, 0.717) is 13.2 Å². The van der Waals surface area contributed by atoms with Gasteiger partial charge in [0.05, 0.1) is 41.8 Å². The Morgan fingerprint density at radius 1 is 1.44 bits per heavy atom. The minimum Gasteiger partial charge on any atom is -0.383 e. The molecule has 96 valence electrons. The Hall–Kier alpha value is -1.31. The van der Waals surface area contributed by atoms with Crippen molar-refractivity contribution < 1.29 is 4.74 Å². The van der Waals surface area contributed by atoms with Gasteiger partial charge in [0.1, 0.15) is 0 Å². The molecule has 18 heavy (non-hydrogen) atoms. The van der Waals surface area contributed by atoms with Crippen LogP contribution in [0.2, 0.25) is 0 Å². The molecule has 0 amide bonds. The fraction of sp³-hybridized carbons (Fsp3) is 0.364. The number of nitrogens with two attached hydrogens (primary N) is 1. The summed E-state index contributed by atoms with van der Waals surface area (Å²) in [6.45, 7) is 1.24. The van der Waals surface area contributed by atoms with Crippen molar-refractivity contribution >= 4 is 15.9 Å². The summed E-state index contributed by atoms with van der Waals surface area (Å²) in [5, 5.41) is 11.9. The highest BCUT2D eigenvalue weighted by molar-refractivity contribution is 9.10. The van der Waals surface area contributed by atoms with Gasteiger partial charge in [-0.05, 0) is 27.6 Å². The minimum absolute atomic E-state index is 0.297. The highest BCUT2D eigenvalue weighted by Gasteiger charge is 2.18. The van der Waals surface area contributed by atoms with Gasteiger partial charge in [-0.2, -0.15) is 15.3 Å². The van der Waals surface area contributed by atoms with Crippen molar-refractivity contribution in [3.63, 3.8) is 0 Å². The van der Waals surface area contributed by atoms with Gasteiger partial charge in [-0.25, -0.2) is 0 Å². The molecule has 0 saturated carbocycles. The Morgan fingerprint density at radius 3 is 2.94 bits per heavy atom. The second-order valence-electron chi connectivity index (χ2n) is 3.75. The summed E-state index contributed by atoms with van der Waals surface area (Å²) in [7, 11) is 1.66. The van der Waals surface area contributed by atoms with E-state index in [0.717, 1.165) is 15.7 Å². The maximum atomic E-state index is 6.23. The average molecular weight is 312 g/mol. The Labute approximate surface area is 113 Å². The first kappa shape index (κ1) is 13.1. The van der Waals surface area contributed by atoms with Crippen LogP contribution in [0.5, 0.6) is 0 Å². The molecule has 0 bridgehead atoms. The van der Waals surface area contributed by atoms with Crippen molar-refractivity contribution in [3.8, 4) is 0 Å². The van der Waals surface area contributed by atoms with Crippen molar-refractivity contribution in [2.75, 3.05) is 13.7 Å². The molecule has 2 N–H and O–H groups in total. The number of nitrogens with zero attached hydrogens (tertiary/aromatic N) is 4. The van der Waals surface area contributed by atoms with Gasteiger partial charge < -0.3 is 10.5 Å². The molecule has 2 aromatic rings. The van der Waals surface area contributed by atoms with E-state index in [1.807, 2.05) is 10.7 Å². The van der Waals surface area contributed by atoms with Gasteiger partial charge in [0, 0.05) is 13.3 Å². The summed E-state index contributed by atoms with van der Waals surface area (Å²) in [5.74, 6) is 0. The highest BCUT2D eigenvalue weighted by atomic mass is 79.9. The predicted octanol–water partition coefficient (Wildman–Crippen LogP) is 1.13. The topological polar surface area (TPSA) is 78.9 Å². The van der Waals surface area contributed by atoms with Crippen LogP contribution in [0, 0.1) is 0 Å². The molecule has 6 nitrogen and oxygen atoms in total. The predicted molar refractivity (Wildman–Crippen MR) is 69.9 cm³/mol. The van der Waals surface area contributed by atoms with E-state index in [1.165, 1.54) is 0 Å². The number of halogens is 1. The van der Waals surface area contributed by atoms with E-state index in [2.05, 4.69) is 31.2 Å². The maximum Gasteiger partial charge on any atom is 0.0751 e. The summed E-state index contributed by atoms with van der Waals surface area (Å²) in [6.07, 6.45) is 5.02. The quantitative estimate of drug-likeness (QED) is 0.895. The Morgan fingerprint density at radius 2 is 2.28 bits per heavy atom. The molecule has 0 spiro atoms. The van der Waals surface area contributed by atoms with Crippen molar-refractivity contribution in [2.45, 2.75) is 12.6 Å².